The summed E-state index contributed by atoms with van der Waals surface area (Å²) < 4.78 is 5.68. The second-order valence-corrected chi connectivity index (χ2v) is 11.3. The fourth-order valence-electron chi connectivity index (χ4n) is 4.73. The molecule has 1 unspecified atom stereocenters. The number of hydrogen-bond donors (Lipinski definition) is 1. The van der Waals surface area contributed by atoms with E-state index in [2.05, 4.69) is 45.9 Å². The molecule has 2 aliphatic rings. The van der Waals surface area contributed by atoms with Gasteiger partial charge in [-0.15, -0.1) is 0 Å². The molecule has 0 bridgehead atoms. The number of benzene rings is 1. The minimum absolute atomic E-state index is 0.0173. The standard InChI is InChI=1S/C27H37NO4/c1-17(13-23(29)30)9-10-19-16-27(19,8)20-15-21-22(14-18(20)2)28(12-11-26(21,6)7)24(31)32-25(3,4)5/h9-10,13-15,19H,11-12,16H2,1-8H3,(H,29,30)/b10-9+,17-13+/t19?,27-/m0/s1. The van der Waals surface area contributed by atoms with Crippen LogP contribution in [0.15, 0.2) is 35.9 Å². The zero-order chi connectivity index (χ0) is 24.1. The summed E-state index contributed by atoms with van der Waals surface area (Å²) >= 11 is 0. The van der Waals surface area contributed by atoms with E-state index < -0.39 is 11.6 Å². The Kier molecular flexibility index (Phi) is 6.09. The van der Waals surface area contributed by atoms with Crippen molar-refractivity contribution >= 4 is 17.7 Å². The highest BCUT2D eigenvalue weighted by Gasteiger charge is 2.51. The molecule has 1 N–H and O–H groups in total. The van der Waals surface area contributed by atoms with Crippen LogP contribution < -0.4 is 4.90 Å². The van der Waals surface area contributed by atoms with E-state index in [0.717, 1.165) is 24.1 Å². The first-order valence-corrected chi connectivity index (χ1v) is 11.4. The highest BCUT2D eigenvalue weighted by molar-refractivity contribution is 5.90. The lowest BCUT2D eigenvalue weighted by Crippen LogP contribution is -2.43. The van der Waals surface area contributed by atoms with E-state index >= 15 is 0 Å². The molecule has 1 saturated carbocycles. The van der Waals surface area contributed by atoms with E-state index in [1.807, 2.05) is 33.8 Å². The Labute approximate surface area is 192 Å². The van der Waals surface area contributed by atoms with E-state index in [1.54, 1.807) is 4.90 Å². The molecule has 1 heterocycles. The normalized spacial score (nSPS) is 24.9. The summed E-state index contributed by atoms with van der Waals surface area (Å²) in [6, 6.07) is 4.45. The number of nitrogens with zero attached hydrogens (tertiary/aromatic N) is 1. The quantitative estimate of drug-likeness (QED) is 0.443. The second-order valence-electron chi connectivity index (χ2n) is 11.3. The van der Waals surface area contributed by atoms with Crippen molar-refractivity contribution < 1.29 is 19.4 Å². The van der Waals surface area contributed by atoms with Crippen LogP contribution in [-0.2, 0) is 20.4 Å². The van der Waals surface area contributed by atoms with Gasteiger partial charge in [-0.2, -0.15) is 0 Å². The number of aliphatic carboxylic acids is 1. The van der Waals surface area contributed by atoms with Gasteiger partial charge in [0.25, 0.3) is 0 Å². The number of carboxylic acids is 1. The number of ether oxygens (including phenoxy) is 1. The van der Waals surface area contributed by atoms with Crippen molar-refractivity contribution in [1.82, 2.24) is 0 Å². The second kappa shape index (κ2) is 8.09. The molecular formula is C27H37NO4. The predicted molar refractivity (Wildman–Crippen MR) is 128 cm³/mol. The third kappa shape index (κ3) is 4.92. The Hall–Kier alpha value is -2.56. The summed E-state index contributed by atoms with van der Waals surface area (Å²) in [7, 11) is 0. The lowest BCUT2D eigenvalue weighted by molar-refractivity contribution is -0.131. The zero-order valence-corrected chi connectivity index (χ0v) is 20.7. The maximum atomic E-state index is 12.9. The fourth-order valence-corrected chi connectivity index (χ4v) is 4.73. The Morgan fingerprint density at radius 2 is 1.84 bits per heavy atom. The number of carboxylic acid groups (broad SMARTS) is 1. The number of aryl methyl sites for hydroxylation is 1. The van der Waals surface area contributed by atoms with Crippen LogP contribution in [0.5, 0.6) is 0 Å². The van der Waals surface area contributed by atoms with E-state index in [1.165, 1.54) is 22.8 Å². The number of anilines is 1. The minimum atomic E-state index is -0.923. The predicted octanol–water partition coefficient (Wildman–Crippen LogP) is 6.28. The lowest BCUT2D eigenvalue weighted by atomic mass is 9.75. The van der Waals surface area contributed by atoms with Gasteiger partial charge < -0.3 is 9.84 Å². The SMILES string of the molecule is CC(/C=C/C1C[C@]1(C)c1cc2c(cc1C)N(C(=O)OC(C)(C)C)CCC2(C)C)=C\C(=O)O. The molecule has 2 atom stereocenters. The Morgan fingerprint density at radius 3 is 2.44 bits per heavy atom. The maximum absolute atomic E-state index is 12.9. The van der Waals surface area contributed by atoms with Crippen LogP contribution in [0.1, 0.15) is 78.0 Å². The maximum Gasteiger partial charge on any atom is 0.414 e. The molecule has 0 saturated heterocycles. The molecule has 1 aliphatic carbocycles. The Balaban J connectivity index is 1.94. The van der Waals surface area contributed by atoms with E-state index in [0.29, 0.717) is 12.5 Å². The molecule has 1 aromatic rings. The molecule has 0 aromatic heterocycles. The van der Waals surface area contributed by atoms with Gasteiger partial charge in [0.05, 0.1) is 5.69 Å². The highest BCUT2D eigenvalue weighted by Crippen LogP contribution is 2.57. The van der Waals surface area contributed by atoms with Crippen molar-refractivity contribution in [2.45, 2.75) is 84.7 Å². The number of fused-ring (bicyclic) bond motifs is 1. The van der Waals surface area contributed by atoms with Crippen LogP contribution in [0.25, 0.3) is 0 Å². The first-order valence-electron chi connectivity index (χ1n) is 11.4. The van der Waals surface area contributed by atoms with Gasteiger partial charge in [-0.25, -0.2) is 9.59 Å². The first-order chi connectivity index (χ1) is 14.6. The summed E-state index contributed by atoms with van der Waals surface area (Å²) in [6.07, 6.45) is 6.88. The number of carbonyl (C=O) groups is 2. The number of carbonyl (C=O) groups excluding carboxylic acids is 1. The van der Waals surface area contributed by atoms with Gasteiger partial charge >= 0.3 is 12.1 Å². The third-order valence-corrected chi connectivity index (χ3v) is 6.80. The molecule has 5 nitrogen and oxygen atoms in total. The Morgan fingerprint density at radius 1 is 1.19 bits per heavy atom. The van der Waals surface area contributed by atoms with Crippen LogP contribution in [-0.4, -0.2) is 29.3 Å². The van der Waals surface area contributed by atoms with Crippen LogP contribution in [0.3, 0.4) is 0 Å². The number of amides is 1. The van der Waals surface area contributed by atoms with Crippen LogP contribution >= 0.6 is 0 Å². The molecule has 5 heteroatoms. The van der Waals surface area contributed by atoms with Crippen LogP contribution in [0, 0.1) is 12.8 Å². The van der Waals surface area contributed by atoms with E-state index in [9.17, 15) is 9.59 Å². The Bertz CT molecular complexity index is 996. The van der Waals surface area contributed by atoms with E-state index in [-0.39, 0.29) is 16.9 Å². The largest absolute Gasteiger partial charge is 0.478 e. The van der Waals surface area contributed by atoms with Crippen molar-refractivity contribution in [1.29, 1.82) is 0 Å². The number of hydrogen-bond acceptors (Lipinski definition) is 3. The molecule has 174 valence electrons. The monoisotopic (exact) mass is 439 g/mol. The average Bonchev–Trinajstić information content (AvgIpc) is 3.28. The van der Waals surface area contributed by atoms with Gasteiger partial charge in [0.1, 0.15) is 5.60 Å². The summed E-state index contributed by atoms with van der Waals surface area (Å²) in [5, 5.41) is 8.92. The van der Waals surface area contributed by atoms with Gasteiger partial charge in [0, 0.05) is 12.6 Å². The van der Waals surface area contributed by atoms with E-state index in [4.69, 9.17) is 9.84 Å². The zero-order valence-electron chi connectivity index (χ0n) is 20.7. The summed E-state index contributed by atoms with van der Waals surface area (Å²) in [6.45, 7) is 17.0. The molecule has 32 heavy (non-hydrogen) atoms. The molecule has 3 rings (SSSR count). The number of rotatable bonds is 4. The average molecular weight is 440 g/mol. The summed E-state index contributed by atoms with van der Waals surface area (Å²) in [4.78, 5) is 25.6. The molecule has 0 radical (unpaired) electrons. The number of allylic oxidation sites excluding steroid dienone is 3. The molecule has 1 fully saturated rings. The molecule has 1 aliphatic heterocycles. The molecule has 1 amide bonds. The van der Waals surface area contributed by atoms with Crippen molar-refractivity contribution in [3.05, 3.63) is 52.6 Å². The van der Waals surface area contributed by atoms with Gasteiger partial charge in [-0.05, 0) is 92.5 Å². The van der Waals surface area contributed by atoms with Crippen molar-refractivity contribution in [3.63, 3.8) is 0 Å². The highest BCUT2D eigenvalue weighted by atomic mass is 16.6. The minimum Gasteiger partial charge on any atom is -0.478 e. The summed E-state index contributed by atoms with van der Waals surface area (Å²) in [5.74, 6) is -0.557. The van der Waals surface area contributed by atoms with Crippen LogP contribution in [0.4, 0.5) is 10.5 Å². The third-order valence-electron chi connectivity index (χ3n) is 6.80. The topological polar surface area (TPSA) is 66.8 Å². The van der Waals surface area contributed by atoms with Gasteiger partial charge in [-0.3, -0.25) is 4.90 Å². The van der Waals surface area contributed by atoms with Crippen LogP contribution in [0.2, 0.25) is 0 Å². The molecule has 1 aromatic carbocycles. The molecular weight excluding hydrogens is 402 g/mol. The first kappa shape index (κ1) is 24.1. The smallest absolute Gasteiger partial charge is 0.414 e. The molecule has 0 spiro atoms. The lowest BCUT2D eigenvalue weighted by Gasteiger charge is -2.40. The summed E-state index contributed by atoms with van der Waals surface area (Å²) in [5.41, 5.74) is 4.81. The van der Waals surface area contributed by atoms with Crippen molar-refractivity contribution in [3.8, 4) is 0 Å². The van der Waals surface area contributed by atoms with Crippen molar-refractivity contribution in [2.75, 3.05) is 11.4 Å². The fraction of sp³-hybridized carbons (Fsp3) is 0.556. The van der Waals surface area contributed by atoms with Gasteiger partial charge in [0.15, 0.2) is 0 Å². The van der Waals surface area contributed by atoms with Gasteiger partial charge in [-0.1, -0.05) is 39.0 Å². The van der Waals surface area contributed by atoms with Gasteiger partial charge in [0.2, 0.25) is 0 Å². The van der Waals surface area contributed by atoms with Crippen molar-refractivity contribution in [2.24, 2.45) is 5.92 Å².